The molecule has 2 aromatic rings. The average Bonchev–Trinajstić information content (AvgIpc) is 2.77. The number of anilines is 1. The van der Waals surface area contributed by atoms with Crippen LogP contribution in [0.5, 0.6) is 0 Å². The maximum Gasteiger partial charge on any atom is 0.138 e. The van der Waals surface area contributed by atoms with Crippen LogP contribution in [0.1, 0.15) is 13.3 Å². The molecular weight excluding hydrogens is 218 g/mol. The van der Waals surface area contributed by atoms with Crippen molar-refractivity contribution in [2.75, 3.05) is 17.3 Å². The van der Waals surface area contributed by atoms with Gasteiger partial charge in [-0.25, -0.2) is 4.98 Å². The minimum Gasteiger partial charge on any atom is -0.368 e. The zero-order valence-corrected chi connectivity index (χ0v) is 10.5. The number of imidazole rings is 1. The first-order valence-electron chi connectivity index (χ1n) is 5.52. The van der Waals surface area contributed by atoms with Crippen LogP contribution in [0.4, 0.5) is 5.82 Å². The van der Waals surface area contributed by atoms with E-state index in [1.54, 1.807) is 0 Å². The molecule has 16 heavy (non-hydrogen) atoms. The maximum absolute atomic E-state index is 4.28. The molecule has 0 radical (unpaired) electrons. The number of fused-ring (bicyclic) bond motifs is 1. The predicted molar refractivity (Wildman–Crippen MR) is 71.3 cm³/mol. The van der Waals surface area contributed by atoms with Gasteiger partial charge in [0.1, 0.15) is 11.5 Å². The first-order chi connectivity index (χ1) is 7.85. The van der Waals surface area contributed by atoms with Crippen molar-refractivity contribution in [1.82, 2.24) is 9.38 Å². The Morgan fingerprint density at radius 1 is 1.50 bits per heavy atom. The molecule has 1 unspecified atom stereocenters. The molecule has 0 aromatic carbocycles. The van der Waals surface area contributed by atoms with E-state index >= 15 is 0 Å². The van der Waals surface area contributed by atoms with E-state index in [0.717, 1.165) is 23.6 Å². The van der Waals surface area contributed by atoms with Gasteiger partial charge in [0.05, 0.1) is 0 Å². The second kappa shape index (κ2) is 5.25. The van der Waals surface area contributed by atoms with Gasteiger partial charge in [0, 0.05) is 24.2 Å². The molecule has 1 N–H and O–H groups in total. The highest BCUT2D eigenvalue weighted by Gasteiger charge is 2.07. The Labute approximate surface area is 100 Å². The summed E-state index contributed by atoms with van der Waals surface area (Å²) in [6, 6.07) is 6.66. The van der Waals surface area contributed by atoms with Crippen LogP contribution >= 0.6 is 11.8 Å². The fourth-order valence-corrected chi connectivity index (χ4v) is 2.46. The molecule has 1 atom stereocenters. The summed E-state index contributed by atoms with van der Waals surface area (Å²) in [7, 11) is 0. The molecule has 0 aliphatic rings. The van der Waals surface area contributed by atoms with Crippen LogP contribution in [0.15, 0.2) is 30.6 Å². The molecule has 4 heteroatoms. The van der Waals surface area contributed by atoms with Gasteiger partial charge in [0.15, 0.2) is 0 Å². The number of pyridine rings is 1. The Morgan fingerprint density at radius 2 is 2.38 bits per heavy atom. The number of aromatic nitrogens is 2. The molecule has 0 spiro atoms. The van der Waals surface area contributed by atoms with E-state index in [1.165, 1.54) is 0 Å². The Balaban J connectivity index is 2.22. The largest absolute Gasteiger partial charge is 0.368 e. The first-order valence-corrected chi connectivity index (χ1v) is 6.92. The predicted octanol–water partition coefficient (Wildman–Crippen LogP) is 2.89. The van der Waals surface area contributed by atoms with Crippen LogP contribution in [0.25, 0.3) is 5.65 Å². The van der Waals surface area contributed by atoms with Gasteiger partial charge >= 0.3 is 0 Å². The standard InChI is InChI=1S/C12H17N3S/c1-3-10(9-16-2)14-12-6-4-5-11-13-7-8-15(11)12/h4-8,10,14H,3,9H2,1-2H3. The molecule has 2 heterocycles. The van der Waals surface area contributed by atoms with Crippen molar-refractivity contribution in [2.24, 2.45) is 0 Å². The number of hydrogen-bond acceptors (Lipinski definition) is 3. The van der Waals surface area contributed by atoms with E-state index in [1.807, 2.05) is 36.3 Å². The van der Waals surface area contributed by atoms with Crippen LogP contribution in [-0.2, 0) is 0 Å². The highest BCUT2D eigenvalue weighted by atomic mass is 32.2. The monoisotopic (exact) mass is 235 g/mol. The fourth-order valence-electron chi connectivity index (χ4n) is 1.74. The number of thioether (sulfide) groups is 1. The van der Waals surface area contributed by atoms with E-state index < -0.39 is 0 Å². The normalized spacial score (nSPS) is 12.9. The van der Waals surface area contributed by atoms with Crippen LogP contribution in [-0.4, -0.2) is 27.4 Å². The third-order valence-electron chi connectivity index (χ3n) is 2.64. The van der Waals surface area contributed by atoms with Gasteiger partial charge in [-0.05, 0) is 24.8 Å². The number of rotatable bonds is 5. The summed E-state index contributed by atoms with van der Waals surface area (Å²) < 4.78 is 2.09. The molecule has 2 rings (SSSR count). The lowest BCUT2D eigenvalue weighted by molar-refractivity contribution is 0.767. The van der Waals surface area contributed by atoms with E-state index in [2.05, 4.69) is 33.9 Å². The quantitative estimate of drug-likeness (QED) is 0.864. The van der Waals surface area contributed by atoms with Gasteiger partial charge in [-0.15, -0.1) is 0 Å². The molecule has 86 valence electrons. The molecule has 0 saturated heterocycles. The Hall–Kier alpha value is -1.16. The van der Waals surface area contributed by atoms with Crippen LogP contribution in [0.3, 0.4) is 0 Å². The second-order valence-electron chi connectivity index (χ2n) is 3.77. The lowest BCUT2D eigenvalue weighted by Crippen LogP contribution is -2.22. The van der Waals surface area contributed by atoms with E-state index in [9.17, 15) is 0 Å². The number of nitrogens with one attached hydrogen (secondary N) is 1. The minimum atomic E-state index is 0.517. The summed E-state index contributed by atoms with van der Waals surface area (Å²) in [6.45, 7) is 2.21. The highest BCUT2D eigenvalue weighted by molar-refractivity contribution is 7.98. The van der Waals surface area contributed by atoms with Crippen molar-refractivity contribution in [1.29, 1.82) is 0 Å². The van der Waals surface area contributed by atoms with Crippen molar-refractivity contribution >= 4 is 23.2 Å². The van der Waals surface area contributed by atoms with Gasteiger partial charge < -0.3 is 5.32 Å². The molecule has 0 aliphatic heterocycles. The summed E-state index contributed by atoms with van der Waals surface area (Å²) in [5, 5.41) is 3.56. The third-order valence-corrected chi connectivity index (χ3v) is 3.38. The topological polar surface area (TPSA) is 29.3 Å². The molecule has 0 aliphatic carbocycles. The van der Waals surface area contributed by atoms with Gasteiger partial charge in [0.2, 0.25) is 0 Å². The molecule has 0 fully saturated rings. The highest BCUT2D eigenvalue weighted by Crippen LogP contribution is 2.14. The number of nitrogens with zero attached hydrogens (tertiary/aromatic N) is 2. The summed E-state index contributed by atoms with van der Waals surface area (Å²) in [6.07, 6.45) is 7.09. The van der Waals surface area contributed by atoms with Crippen molar-refractivity contribution in [2.45, 2.75) is 19.4 Å². The van der Waals surface area contributed by atoms with Crippen LogP contribution in [0, 0.1) is 0 Å². The smallest absolute Gasteiger partial charge is 0.138 e. The zero-order chi connectivity index (χ0) is 11.4. The average molecular weight is 235 g/mol. The Kier molecular flexibility index (Phi) is 3.72. The fraction of sp³-hybridized carbons (Fsp3) is 0.417. The SMILES string of the molecule is CCC(CSC)Nc1cccc2nccn12. The summed E-state index contributed by atoms with van der Waals surface area (Å²) in [4.78, 5) is 4.28. The third kappa shape index (κ3) is 2.32. The van der Waals surface area contributed by atoms with E-state index in [-0.39, 0.29) is 0 Å². The van der Waals surface area contributed by atoms with Crippen LogP contribution < -0.4 is 5.32 Å². The lowest BCUT2D eigenvalue weighted by Gasteiger charge is -2.18. The number of hydrogen-bond donors (Lipinski definition) is 1. The van der Waals surface area contributed by atoms with Gasteiger partial charge in [0.25, 0.3) is 0 Å². The zero-order valence-electron chi connectivity index (χ0n) is 9.68. The maximum atomic E-state index is 4.28. The van der Waals surface area contributed by atoms with Crippen molar-refractivity contribution in [3.63, 3.8) is 0 Å². The van der Waals surface area contributed by atoms with Crippen molar-refractivity contribution in [3.05, 3.63) is 30.6 Å². The van der Waals surface area contributed by atoms with Gasteiger partial charge in [-0.3, -0.25) is 4.40 Å². The van der Waals surface area contributed by atoms with Crippen LogP contribution in [0.2, 0.25) is 0 Å². The Morgan fingerprint density at radius 3 is 3.12 bits per heavy atom. The molecule has 3 nitrogen and oxygen atoms in total. The van der Waals surface area contributed by atoms with E-state index in [4.69, 9.17) is 0 Å². The molecular formula is C12H17N3S. The Bertz CT molecular complexity index is 452. The first kappa shape index (κ1) is 11.3. The molecule has 0 amide bonds. The van der Waals surface area contributed by atoms with Crippen molar-refractivity contribution < 1.29 is 0 Å². The van der Waals surface area contributed by atoms with Gasteiger partial charge in [-0.1, -0.05) is 13.0 Å². The minimum absolute atomic E-state index is 0.517. The van der Waals surface area contributed by atoms with Gasteiger partial charge in [-0.2, -0.15) is 11.8 Å². The lowest BCUT2D eigenvalue weighted by atomic mass is 10.2. The summed E-state index contributed by atoms with van der Waals surface area (Å²) in [5.41, 5.74) is 0.990. The summed E-state index contributed by atoms with van der Waals surface area (Å²) in [5.74, 6) is 2.25. The van der Waals surface area contributed by atoms with E-state index in [0.29, 0.717) is 6.04 Å². The van der Waals surface area contributed by atoms with Crippen molar-refractivity contribution in [3.8, 4) is 0 Å². The summed E-state index contributed by atoms with van der Waals surface area (Å²) >= 11 is 1.87. The molecule has 2 aromatic heterocycles. The second-order valence-corrected chi connectivity index (χ2v) is 4.68. The molecule has 0 bridgehead atoms. The molecule has 0 saturated carbocycles.